The van der Waals surface area contributed by atoms with Crippen LogP contribution in [0.15, 0.2) is 18.7 Å². The van der Waals surface area contributed by atoms with E-state index in [4.69, 9.17) is 0 Å². The second-order valence-electron chi connectivity index (χ2n) is 3.60. The number of halogens is 1. The Morgan fingerprint density at radius 1 is 1.14 bits per heavy atom. The van der Waals surface area contributed by atoms with Crippen LogP contribution in [0.4, 0.5) is 0 Å². The van der Waals surface area contributed by atoms with Crippen molar-refractivity contribution in [1.29, 1.82) is 0 Å². The largest absolute Gasteiger partial charge is 1.00 e. The molecule has 1 aromatic heterocycles. The third-order valence-corrected chi connectivity index (χ3v) is 2.29. The smallest absolute Gasteiger partial charge is 0.243 e. The van der Waals surface area contributed by atoms with Crippen molar-refractivity contribution < 1.29 is 17.0 Å². The fourth-order valence-corrected chi connectivity index (χ4v) is 1.38. The summed E-state index contributed by atoms with van der Waals surface area (Å²) in [5, 5.41) is 0. The lowest BCUT2D eigenvalue weighted by Gasteiger charge is -1.93. The number of aryl methyl sites for hydroxylation is 2. The molecule has 0 aliphatic heterocycles. The molecule has 0 unspecified atom stereocenters. The lowest BCUT2D eigenvalue weighted by molar-refractivity contribution is -0.696. The Morgan fingerprint density at radius 2 is 1.86 bits per heavy atom. The van der Waals surface area contributed by atoms with Crippen LogP contribution in [0.25, 0.3) is 0 Å². The van der Waals surface area contributed by atoms with Crippen LogP contribution in [0.3, 0.4) is 0 Å². The van der Waals surface area contributed by atoms with Crippen LogP contribution >= 0.6 is 0 Å². The summed E-state index contributed by atoms with van der Waals surface area (Å²) < 4.78 is 4.55. The van der Waals surface area contributed by atoms with Crippen molar-refractivity contribution in [3.05, 3.63) is 18.7 Å². The van der Waals surface area contributed by atoms with Gasteiger partial charge in [0.15, 0.2) is 0 Å². The van der Waals surface area contributed by atoms with Gasteiger partial charge >= 0.3 is 0 Å². The summed E-state index contributed by atoms with van der Waals surface area (Å²) in [4.78, 5) is 0. The molecule has 0 atom stereocenters. The van der Waals surface area contributed by atoms with Crippen LogP contribution in [-0.4, -0.2) is 4.57 Å². The second kappa shape index (κ2) is 7.86. The molecule has 0 radical (unpaired) electrons. The molecule has 82 valence electrons. The maximum Gasteiger partial charge on any atom is 0.243 e. The lowest BCUT2D eigenvalue weighted by atomic mass is 10.3. The van der Waals surface area contributed by atoms with Crippen molar-refractivity contribution in [2.75, 3.05) is 0 Å². The van der Waals surface area contributed by atoms with E-state index in [-0.39, 0.29) is 12.4 Å². The van der Waals surface area contributed by atoms with E-state index in [2.05, 4.69) is 41.7 Å². The Labute approximate surface area is 93.4 Å². The Balaban J connectivity index is 0.00000169. The molecule has 0 aliphatic carbocycles. The highest BCUT2D eigenvalue weighted by Crippen LogP contribution is 1.93. The molecule has 1 heterocycles. The fraction of sp³-hybridized carbons (Fsp3) is 0.727. The number of nitrogens with zero attached hydrogens (tertiary/aromatic N) is 2. The first-order valence-corrected chi connectivity index (χ1v) is 5.41. The van der Waals surface area contributed by atoms with Gasteiger partial charge in [0.25, 0.3) is 0 Å². The zero-order valence-corrected chi connectivity index (χ0v) is 10.0. The standard InChI is InChI=1S/C11H21N2.ClH/c1-3-5-7-12-9-10-13(11-12)8-6-4-2;/h9-11H,3-8H2,1-2H3;1H/q+1;/p-1. The third-order valence-electron chi connectivity index (χ3n) is 2.29. The van der Waals surface area contributed by atoms with Crippen LogP contribution in [0.5, 0.6) is 0 Å². The molecule has 0 spiro atoms. The van der Waals surface area contributed by atoms with E-state index in [0.29, 0.717) is 0 Å². The summed E-state index contributed by atoms with van der Waals surface area (Å²) in [6, 6.07) is 0. The lowest BCUT2D eigenvalue weighted by Crippen LogP contribution is -3.00. The van der Waals surface area contributed by atoms with Gasteiger partial charge in [0.05, 0.1) is 13.1 Å². The number of rotatable bonds is 6. The van der Waals surface area contributed by atoms with E-state index < -0.39 is 0 Å². The van der Waals surface area contributed by atoms with Crippen LogP contribution < -0.4 is 17.0 Å². The minimum Gasteiger partial charge on any atom is -1.00 e. The van der Waals surface area contributed by atoms with Crippen LogP contribution in [0.1, 0.15) is 39.5 Å². The first kappa shape index (κ1) is 13.5. The molecule has 3 heteroatoms. The Hall–Kier alpha value is -0.500. The maximum absolute atomic E-state index is 2.28. The molecule has 0 aromatic carbocycles. The van der Waals surface area contributed by atoms with Gasteiger partial charge in [-0.3, -0.25) is 0 Å². The van der Waals surface area contributed by atoms with E-state index in [1.54, 1.807) is 0 Å². The summed E-state index contributed by atoms with van der Waals surface area (Å²) in [5.41, 5.74) is 0. The predicted molar refractivity (Wildman–Crippen MR) is 54.4 cm³/mol. The molecule has 1 rings (SSSR count). The molecule has 1 aromatic rings. The van der Waals surface area contributed by atoms with Gasteiger partial charge in [-0.15, -0.1) is 0 Å². The van der Waals surface area contributed by atoms with Gasteiger partial charge in [0, 0.05) is 0 Å². The molecule has 0 amide bonds. The topological polar surface area (TPSA) is 8.81 Å². The number of hydrogen-bond acceptors (Lipinski definition) is 0. The van der Waals surface area contributed by atoms with Crippen molar-refractivity contribution in [2.45, 2.75) is 52.6 Å². The van der Waals surface area contributed by atoms with Crippen LogP contribution in [-0.2, 0) is 13.1 Å². The van der Waals surface area contributed by atoms with Gasteiger partial charge in [0.2, 0.25) is 6.33 Å². The zero-order valence-electron chi connectivity index (χ0n) is 9.25. The third kappa shape index (κ3) is 4.66. The van der Waals surface area contributed by atoms with Crippen LogP contribution in [0.2, 0.25) is 0 Å². The van der Waals surface area contributed by atoms with Crippen molar-refractivity contribution in [1.82, 2.24) is 4.57 Å². The molecule has 0 fully saturated rings. The van der Waals surface area contributed by atoms with Gasteiger partial charge in [-0.05, 0) is 12.8 Å². The fourth-order valence-electron chi connectivity index (χ4n) is 1.38. The van der Waals surface area contributed by atoms with Gasteiger partial charge in [-0.1, -0.05) is 26.7 Å². The number of hydrogen-bond donors (Lipinski definition) is 0. The predicted octanol–water partition coefficient (Wildman–Crippen LogP) is -0.620. The Morgan fingerprint density at radius 3 is 2.50 bits per heavy atom. The molecule has 0 bridgehead atoms. The highest BCUT2D eigenvalue weighted by Gasteiger charge is 2.01. The van der Waals surface area contributed by atoms with Gasteiger partial charge < -0.3 is 12.4 Å². The average molecular weight is 217 g/mol. The highest BCUT2D eigenvalue weighted by molar-refractivity contribution is 4.65. The van der Waals surface area contributed by atoms with Crippen molar-refractivity contribution >= 4 is 0 Å². The Bertz CT molecular complexity index is 210. The Kier molecular flexibility index (Phi) is 7.58. The van der Waals surface area contributed by atoms with Gasteiger partial charge in [0.1, 0.15) is 12.4 Å². The highest BCUT2D eigenvalue weighted by atomic mass is 35.5. The van der Waals surface area contributed by atoms with Crippen molar-refractivity contribution in [3.8, 4) is 0 Å². The van der Waals surface area contributed by atoms with E-state index in [1.165, 1.54) is 25.7 Å². The second-order valence-corrected chi connectivity index (χ2v) is 3.60. The minimum absolute atomic E-state index is 0. The van der Waals surface area contributed by atoms with E-state index >= 15 is 0 Å². The molecular formula is C11H21ClN2. The number of aromatic nitrogens is 2. The maximum atomic E-state index is 2.28. The quantitative estimate of drug-likeness (QED) is 0.561. The number of imidazole rings is 1. The molecule has 2 nitrogen and oxygen atoms in total. The van der Waals surface area contributed by atoms with Gasteiger partial charge in [-0.25, -0.2) is 9.13 Å². The average Bonchev–Trinajstić information content (AvgIpc) is 2.59. The number of unbranched alkanes of at least 4 members (excludes halogenated alkanes) is 2. The van der Waals surface area contributed by atoms with Gasteiger partial charge in [-0.2, -0.15) is 0 Å². The minimum atomic E-state index is 0. The monoisotopic (exact) mass is 216 g/mol. The van der Waals surface area contributed by atoms with E-state index in [9.17, 15) is 0 Å². The zero-order chi connectivity index (χ0) is 9.52. The van der Waals surface area contributed by atoms with E-state index in [1.807, 2.05) is 0 Å². The van der Waals surface area contributed by atoms with E-state index in [0.717, 1.165) is 13.1 Å². The summed E-state index contributed by atoms with van der Waals surface area (Å²) in [7, 11) is 0. The summed E-state index contributed by atoms with van der Waals surface area (Å²) in [6.45, 7) is 6.79. The summed E-state index contributed by atoms with van der Waals surface area (Å²) in [5.74, 6) is 0. The molecule has 0 saturated heterocycles. The first-order chi connectivity index (χ1) is 6.36. The molecular weight excluding hydrogens is 196 g/mol. The summed E-state index contributed by atoms with van der Waals surface area (Å²) in [6.07, 6.45) is 11.7. The van der Waals surface area contributed by atoms with Crippen molar-refractivity contribution in [3.63, 3.8) is 0 Å². The SMILES string of the molecule is CCCCn1cc[n+](CCCC)c1.[Cl-]. The van der Waals surface area contributed by atoms with Crippen molar-refractivity contribution in [2.24, 2.45) is 0 Å². The molecule has 0 N–H and O–H groups in total. The van der Waals surface area contributed by atoms with Crippen LogP contribution in [0, 0.1) is 0 Å². The molecule has 14 heavy (non-hydrogen) atoms. The molecule has 0 saturated carbocycles. The molecule has 0 aliphatic rings. The summed E-state index contributed by atoms with van der Waals surface area (Å²) >= 11 is 0. The normalized spacial score (nSPS) is 9.86. The first-order valence-electron chi connectivity index (χ1n) is 5.41.